The zero-order chi connectivity index (χ0) is 15.6. The summed E-state index contributed by atoms with van der Waals surface area (Å²) in [6, 6.07) is 7.81. The molecule has 0 aliphatic heterocycles. The van der Waals surface area contributed by atoms with Gasteiger partial charge in [-0.05, 0) is 50.1 Å². The molecule has 1 aromatic carbocycles. The van der Waals surface area contributed by atoms with E-state index in [9.17, 15) is 4.79 Å². The van der Waals surface area contributed by atoms with Crippen LogP contribution in [0.4, 0.5) is 10.5 Å². The van der Waals surface area contributed by atoms with E-state index in [2.05, 4.69) is 16.0 Å². The van der Waals surface area contributed by atoms with Crippen LogP contribution in [0.25, 0.3) is 0 Å². The Kier molecular flexibility index (Phi) is 7.03. The van der Waals surface area contributed by atoms with Crippen LogP contribution in [0.1, 0.15) is 38.5 Å². The number of carbonyl (C=O) groups excluding carboxylic acids is 1. The highest BCUT2D eigenvalue weighted by Gasteiger charge is 2.11. The van der Waals surface area contributed by atoms with E-state index in [4.69, 9.17) is 4.74 Å². The molecule has 0 aromatic heterocycles. The molecule has 0 atom stereocenters. The van der Waals surface area contributed by atoms with Gasteiger partial charge in [0.1, 0.15) is 5.75 Å². The quantitative estimate of drug-likeness (QED) is 0.678. The van der Waals surface area contributed by atoms with Gasteiger partial charge in [0, 0.05) is 18.3 Å². The fourth-order valence-electron chi connectivity index (χ4n) is 2.75. The summed E-state index contributed by atoms with van der Waals surface area (Å²) in [4.78, 5) is 11.8. The van der Waals surface area contributed by atoms with Crippen molar-refractivity contribution in [3.63, 3.8) is 0 Å². The molecule has 1 saturated carbocycles. The smallest absolute Gasteiger partial charge is 0.319 e. The fourth-order valence-corrected chi connectivity index (χ4v) is 2.75. The molecule has 0 unspecified atom stereocenters. The molecule has 1 aromatic rings. The molecular formula is C17H27N3O2. The Morgan fingerprint density at radius 1 is 1.14 bits per heavy atom. The first-order valence-electron chi connectivity index (χ1n) is 8.20. The highest BCUT2D eigenvalue weighted by molar-refractivity contribution is 5.89. The van der Waals surface area contributed by atoms with Crippen LogP contribution in [0.3, 0.4) is 0 Å². The van der Waals surface area contributed by atoms with Gasteiger partial charge in [-0.1, -0.05) is 19.3 Å². The van der Waals surface area contributed by atoms with Crippen molar-refractivity contribution < 1.29 is 9.53 Å². The molecule has 1 aliphatic rings. The van der Waals surface area contributed by atoms with Gasteiger partial charge >= 0.3 is 6.03 Å². The van der Waals surface area contributed by atoms with Crippen molar-refractivity contribution in [3.05, 3.63) is 24.3 Å². The molecule has 2 rings (SSSR count). The summed E-state index contributed by atoms with van der Waals surface area (Å²) >= 11 is 0. The number of urea groups is 1. The minimum Gasteiger partial charge on any atom is -0.497 e. The summed E-state index contributed by atoms with van der Waals surface area (Å²) in [7, 11) is 1.62. The van der Waals surface area contributed by atoms with E-state index in [1.165, 1.54) is 32.1 Å². The van der Waals surface area contributed by atoms with Gasteiger partial charge in [0.2, 0.25) is 0 Å². The number of ether oxygens (including phenoxy) is 1. The number of anilines is 1. The van der Waals surface area contributed by atoms with E-state index in [1.54, 1.807) is 7.11 Å². The summed E-state index contributed by atoms with van der Waals surface area (Å²) in [6.07, 6.45) is 7.62. The van der Waals surface area contributed by atoms with Crippen LogP contribution < -0.4 is 20.7 Å². The Morgan fingerprint density at radius 2 is 1.86 bits per heavy atom. The zero-order valence-corrected chi connectivity index (χ0v) is 13.4. The molecule has 0 saturated heterocycles. The number of carbonyl (C=O) groups is 1. The molecule has 5 nitrogen and oxygen atoms in total. The van der Waals surface area contributed by atoms with Crippen LogP contribution in [0, 0.1) is 0 Å². The Labute approximate surface area is 132 Å². The lowest BCUT2D eigenvalue weighted by molar-refractivity contribution is 0.252. The van der Waals surface area contributed by atoms with Crippen molar-refractivity contribution in [2.75, 3.05) is 25.5 Å². The number of rotatable bonds is 7. The van der Waals surface area contributed by atoms with Gasteiger partial charge in [0.15, 0.2) is 0 Å². The molecule has 0 spiro atoms. The van der Waals surface area contributed by atoms with Gasteiger partial charge in [-0.25, -0.2) is 4.79 Å². The molecule has 1 fully saturated rings. The lowest BCUT2D eigenvalue weighted by atomic mass is 9.95. The van der Waals surface area contributed by atoms with Crippen molar-refractivity contribution in [1.29, 1.82) is 0 Å². The van der Waals surface area contributed by atoms with Crippen LogP contribution in [0.5, 0.6) is 5.75 Å². The third-order valence-corrected chi connectivity index (χ3v) is 4.03. The number of nitrogens with one attached hydrogen (secondary N) is 3. The van der Waals surface area contributed by atoms with E-state index in [0.29, 0.717) is 12.6 Å². The van der Waals surface area contributed by atoms with Crippen LogP contribution in [0.15, 0.2) is 24.3 Å². The first-order chi connectivity index (χ1) is 10.8. The summed E-state index contributed by atoms with van der Waals surface area (Å²) < 4.78 is 5.08. The van der Waals surface area contributed by atoms with Crippen LogP contribution in [0.2, 0.25) is 0 Å². The third-order valence-electron chi connectivity index (χ3n) is 4.03. The molecule has 0 radical (unpaired) electrons. The zero-order valence-electron chi connectivity index (χ0n) is 13.4. The second-order valence-electron chi connectivity index (χ2n) is 5.75. The molecule has 3 N–H and O–H groups in total. The maximum atomic E-state index is 11.8. The summed E-state index contributed by atoms with van der Waals surface area (Å²) in [5.74, 6) is 0.778. The minimum absolute atomic E-state index is 0.164. The number of hydrogen-bond acceptors (Lipinski definition) is 3. The first kappa shape index (κ1) is 16.6. The summed E-state index contributed by atoms with van der Waals surface area (Å²) in [5, 5.41) is 9.26. The van der Waals surface area contributed by atoms with Crippen molar-refractivity contribution in [1.82, 2.24) is 10.6 Å². The molecular weight excluding hydrogens is 278 g/mol. The molecule has 22 heavy (non-hydrogen) atoms. The Morgan fingerprint density at radius 3 is 2.55 bits per heavy atom. The molecule has 0 bridgehead atoms. The van der Waals surface area contributed by atoms with Crippen LogP contribution in [-0.4, -0.2) is 32.3 Å². The first-order valence-corrected chi connectivity index (χ1v) is 8.20. The number of amides is 2. The Hall–Kier alpha value is -1.75. The predicted octanol–water partition coefficient (Wildman–Crippen LogP) is 3.13. The predicted molar refractivity (Wildman–Crippen MR) is 89.5 cm³/mol. The van der Waals surface area contributed by atoms with E-state index in [1.807, 2.05) is 24.3 Å². The maximum absolute atomic E-state index is 11.8. The molecule has 5 heteroatoms. The SMILES string of the molecule is COc1ccc(NC(=O)NCCCNC2CCCCC2)cc1. The summed E-state index contributed by atoms with van der Waals surface area (Å²) in [6.45, 7) is 1.65. The second kappa shape index (κ2) is 9.30. The van der Waals surface area contributed by atoms with Crippen molar-refractivity contribution in [2.45, 2.75) is 44.6 Å². The van der Waals surface area contributed by atoms with Crippen molar-refractivity contribution >= 4 is 11.7 Å². The number of methoxy groups -OCH3 is 1. The van der Waals surface area contributed by atoms with Crippen molar-refractivity contribution in [2.24, 2.45) is 0 Å². The lowest BCUT2D eigenvalue weighted by Gasteiger charge is -2.22. The van der Waals surface area contributed by atoms with Crippen molar-refractivity contribution in [3.8, 4) is 5.75 Å². The lowest BCUT2D eigenvalue weighted by Crippen LogP contribution is -2.35. The van der Waals surface area contributed by atoms with Gasteiger partial charge in [-0.15, -0.1) is 0 Å². The fraction of sp³-hybridized carbons (Fsp3) is 0.588. The topological polar surface area (TPSA) is 62.4 Å². The largest absolute Gasteiger partial charge is 0.497 e. The van der Waals surface area contributed by atoms with Crippen LogP contribution >= 0.6 is 0 Å². The van der Waals surface area contributed by atoms with E-state index < -0.39 is 0 Å². The highest BCUT2D eigenvalue weighted by atomic mass is 16.5. The summed E-state index contributed by atoms with van der Waals surface area (Å²) in [5.41, 5.74) is 0.763. The molecule has 122 valence electrons. The highest BCUT2D eigenvalue weighted by Crippen LogP contribution is 2.17. The average molecular weight is 305 g/mol. The normalized spacial score (nSPS) is 15.3. The van der Waals surface area contributed by atoms with Gasteiger partial charge in [0.25, 0.3) is 0 Å². The molecule has 0 heterocycles. The van der Waals surface area contributed by atoms with Gasteiger partial charge in [0.05, 0.1) is 7.11 Å². The standard InChI is InChI=1S/C17H27N3O2/c1-22-16-10-8-15(9-11-16)20-17(21)19-13-5-12-18-14-6-3-2-4-7-14/h8-11,14,18H,2-7,12-13H2,1H3,(H2,19,20,21). The third kappa shape index (κ3) is 5.93. The van der Waals surface area contributed by atoms with Crippen LogP contribution in [-0.2, 0) is 0 Å². The van der Waals surface area contributed by atoms with E-state index in [0.717, 1.165) is 24.4 Å². The van der Waals surface area contributed by atoms with E-state index >= 15 is 0 Å². The van der Waals surface area contributed by atoms with Gasteiger partial charge in [-0.3, -0.25) is 0 Å². The molecule has 1 aliphatic carbocycles. The Bertz CT molecular complexity index is 442. The second-order valence-corrected chi connectivity index (χ2v) is 5.75. The monoisotopic (exact) mass is 305 g/mol. The minimum atomic E-state index is -0.164. The Balaban J connectivity index is 1.55. The van der Waals surface area contributed by atoms with E-state index in [-0.39, 0.29) is 6.03 Å². The average Bonchev–Trinajstić information content (AvgIpc) is 2.56. The maximum Gasteiger partial charge on any atom is 0.319 e. The van der Waals surface area contributed by atoms with Gasteiger partial charge in [-0.2, -0.15) is 0 Å². The number of hydrogen-bond donors (Lipinski definition) is 3. The molecule has 2 amide bonds. The van der Waals surface area contributed by atoms with Gasteiger partial charge < -0.3 is 20.7 Å². The number of benzene rings is 1.